The molecular weight excluding hydrogens is 436 g/mol. The standard InChI is InChI=1S/C21H20N4O6S/c1-30-16-7-3-13(4-8-16)19(27)22-21-24-23-20(31-21)14-11-18(26)25(12-14)15-5-9-17(10-6-15)32(2,28)29/h3-10,14H,11-12H2,1-2H3,(H,22,24,27)/t14-/m0/s1. The van der Waals surface area contributed by atoms with Crippen LogP contribution in [0, 0.1) is 0 Å². The summed E-state index contributed by atoms with van der Waals surface area (Å²) in [6.07, 6.45) is 1.28. The molecule has 4 rings (SSSR count). The highest BCUT2D eigenvalue weighted by Crippen LogP contribution is 2.32. The third-order valence-corrected chi connectivity index (χ3v) is 6.19. The molecule has 32 heavy (non-hydrogen) atoms. The van der Waals surface area contributed by atoms with Crippen molar-refractivity contribution in [3.8, 4) is 5.75 Å². The Morgan fingerprint density at radius 3 is 2.44 bits per heavy atom. The minimum absolute atomic E-state index is 0.0655. The molecule has 1 atom stereocenters. The van der Waals surface area contributed by atoms with Crippen LogP contribution in [0.1, 0.15) is 28.6 Å². The molecule has 0 saturated carbocycles. The van der Waals surface area contributed by atoms with Gasteiger partial charge < -0.3 is 14.1 Å². The second-order valence-corrected chi connectivity index (χ2v) is 9.32. The number of aromatic nitrogens is 2. The summed E-state index contributed by atoms with van der Waals surface area (Å²) >= 11 is 0. The molecular formula is C21H20N4O6S. The fourth-order valence-electron chi connectivity index (χ4n) is 3.36. The van der Waals surface area contributed by atoms with Crippen LogP contribution in [0.5, 0.6) is 5.75 Å². The van der Waals surface area contributed by atoms with Crippen LogP contribution in [0.25, 0.3) is 0 Å². The van der Waals surface area contributed by atoms with Gasteiger partial charge in [-0.25, -0.2) is 8.42 Å². The molecule has 1 N–H and O–H groups in total. The van der Waals surface area contributed by atoms with Crippen molar-refractivity contribution in [2.24, 2.45) is 0 Å². The van der Waals surface area contributed by atoms with Crippen molar-refractivity contribution in [2.45, 2.75) is 17.2 Å². The van der Waals surface area contributed by atoms with E-state index in [1.165, 1.54) is 24.1 Å². The van der Waals surface area contributed by atoms with Crippen LogP contribution in [0.15, 0.2) is 57.8 Å². The first-order chi connectivity index (χ1) is 15.2. The van der Waals surface area contributed by atoms with Gasteiger partial charge in [0.15, 0.2) is 9.84 Å². The summed E-state index contributed by atoms with van der Waals surface area (Å²) in [5, 5.41) is 10.4. The highest BCUT2D eigenvalue weighted by atomic mass is 32.2. The zero-order chi connectivity index (χ0) is 22.9. The number of carbonyl (C=O) groups is 2. The maximum Gasteiger partial charge on any atom is 0.322 e. The number of sulfone groups is 1. The SMILES string of the molecule is COc1ccc(C(=O)Nc2nnc([C@H]3CC(=O)N(c4ccc(S(C)(=O)=O)cc4)C3)o2)cc1. The smallest absolute Gasteiger partial charge is 0.322 e. The zero-order valence-electron chi connectivity index (χ0n) is 17.3. The van der Waals surface area contributed by atoms with Gasteiger partial charge in [-0.3, -0.25) is 14.9 Å². The quantitative estimate of drug-likeness (QED) is 0.597. The molecule has 2 amide bonds. The number of nitrogens with one attached hydrogen (secondary N) is 1. The van der Waals surface area contributed by atoms with Gasteiger partial charge in [0, 0.05) is 30.5 Å². The number of ether oxygens (including phenoxy) is 1. The molecule has 10 nitrogen and oxygen atoms in total. The molecule has 0 aliphatic carbocycles. The van der Waals surface area contributed by atoms with Crippen LogP contribution in [0.3, 0.4) is 0 Å². The van der Waals surface area contributed by atoms with Crippen LogP contribution >= 0.6 is 0 Å². The van der Waals surface area contributed by atoms with E-state index in [9.17, 15) is 18.0 Å². The Bertz CT molecular complexity index is 1250. The number of benzene rings is 2. The predicted molar refractivity (Wildman–Crippen MR) is 115 cm³/mol. The van der Waals surface area contributed by atoms with E-state index in [1.807, 2.05) is 0 Å². The number of carbonyl (C=O) groups excluding carboxylic acids is 2. The summed E-state index contributed by atoms with van der Waals surface area (Å²) in [4.78, 5) is 26.6. The summed E-state index contributed by atoms with van der Waals surface area (Å²) in [5.41, 5.74) is 0.975. The maximum absolute atomic E-state index is 12.5. The predicted octanol–water partition coefficient (Wildman–Crippen LogP) is 2.25. The van der Waals surface area contributed by atoms with Crippen molar-refractivity contribution >= 4 is 33.4 Å². The second kappa shape index (κ2) is 8.42. The zero-order valence-corrected chi connectivity index (χ0v) is 18.1. The molecule has 1 aromatic heterocycles. The van der Waals surface area contributed by atoms with E-state index >= 15 is 0 Å². The molecule has 1 aliphatic heterocycles. The van der Waals surface area contributed by atoms with Crippen LogP contribution in [0.2, 0.25) is 0 Å². The average Bonchev–Trinajstić information content (AvgIpc) is 3.39. The summed E-state index contributed by atoms with van der Waals surface area (Å²) in [6.45, 7) is 0.297. The van der Waals surface area contributed by atoms with Crippen LogP contribution in [-0.2, 0) is 14.6 Å². The number of methoxy groups -OCH3 is 1. The highest BCUT2D eigenvalue weighted by molar-refractivity contribution is 7.90. The van der Waals surface area contributed by atoms with Crippen LogP contribution in [0.4, 0.5) is 11.7 Å². The van der Waals surface area contributed by atoms with E-state index in [2.05, 4.69) is 15.5 Å². The third-order valence-electron chi connectivity index (χ3n) is 5.06. The van der Waals surface area contributed by atoms with E-state index in [1.54, 1.807) is 36.4 Å². The Labute approximate surface area is 184 Å². The van der Waals surface area contributed by atoms with Crippen molar-refractivity contribution in [1.82, 2.24) is 10.2 Å². The van der Waals surface area contributed by atoms with Crippen molar-refractivity contribution in [3.63, 3.8) is 0 Å². The lowest BCUT2D eigenvalue weighted by atomic mass is 10.1. The number of nitrogens with zero attached hydrogens (tertiary/aromatic N) is 3. The van der Waals surface area contributed by atoms with Crippen LogP contribution in [-0.4, -0.2) is 50.3 Å². The fourth-order valence-corrected chi connectivity index (χ4v) is 3.99. The maximum atomic E-state index is 12.5. The van der Waals surface area contributed by atoms with E-state index in [4.69, 9.17) is 9.15 Å². The summed E-state index contributed by atoms with van der Waals surface area (Å²) in [7, 11) is -1.78. The van der Waals surface area contributed by atoms with E-state index in [-0.39, 0.29) is 35.0 Å². The molecule has 0 unspecified atom stereocenters. The molecule has 2 heterocycles. The monoisotopic (exact) mass is 456 g/mol. The summed E-state index contributed by atoms with van der Waals surface area (Å²) < 4.78 is 33.9. The molecule has 166 valence electrons. The van der Waals surface area contributed by atoms with Crippen LogP contribution < -0.4 is 15.0 Å². The third kappa shape index (κ3) is 4.47. The first-order valence-electron chi connectivity index (χ1n) is 9.64. The van der Waals surface area contributed by atoms with E-state index in [0.29, 0.717) is 23.5 Å². The summed E-state index contributed by atoms with van der Waals surface area (Å²) in [6, 6.07) is 12.6. The normalized spacial score (nSPS) is 16.2. The Balaban J connectivity index is 1.43. The van der Waals surface area contributed by atoms with E-state index < -0.39 is 15.7 Å². The molecule has 2 aromatic carbocycles. The van der Waals surface area contributed by atoms with Crippen molar-refractivity contribution in [3.05, 3.63) is 60.0 Å². The molecule has 3 aromatic rings. The lowest BCUT2D eigenvalue weighted by Crippen LogP contribution is -2.24. The number of hydrogen-bond donors (Lipinski definition) is 1. The number of rotatable bonds is 6. The molecule has 11 heteroatoms. The lowest BCUT2D eigenvalue weighted by Gasteiger charge is -2.16. The molecule has 0 spiro atoms. The van der Waals surface area contributed by atoms with Gasteiger partial charge in [-0.15, -0.1) is 5.10 Å². The molecule has 0 radical (unpaired) electrons. The van der Waals surface area contributed by atoms with Gasteiger partial charge in [0.25, 0.3) is 5.91 Å². The molecule has 1 fully saturated rings. The Morgan fingerprint density at radius 2 is 1.81 bits per heavy atom. The number of amides is 2. The summed E-state index contributed by atoms with van der Waals surface area (Å²) in [5.74, 6) is -0.0556. The molecule has 1 saturated heterocycles. The second-order valence-electron chi connectivity index (χ2n) is 7.30. The molecule has 0 bridgehead atoms. The van der Waals surface area contributed by atoms with Gasteiger partial charge >= 0.3 is 6.01 Å². The lowest BCUT2D eigenvalue weighted by molar-refractivity contribution is -0.117. The fraction of sp³-hybridized carbons (Fsp3) is 0.238. The Morgan fingerprint density at radius 1 is 1.12 bits per heavy atom. The number of hydrogen-bond acceptors (Lipinski definition) is 8. The van der Waals surface area contributed by atoms with Gasteiger partial charge in [-0.1, -0.05) is 5.10 Å². The average molecular weight is 456 g/mol. The Hall–Kier alpha value is -3.73. The first kappa shape index (κ1) is 21.5. The van der Waals surface area contributed by atoms with E-state index in [0.717, 1.165) is 6.26 Å². The first-order valence-corrected chi connectivity index (χ1v) is 11.5. The van der Waals surface area contributed by atoms with Gasteiger partial charge in [0.05, 0.1) is 17.9 Å². The Kier molecular flexibility index (Phi) is 5.66. The highest BCUT2D eigenvalue weighted by Gasteiger charge is 2.35. The van der Waals surface area contributed by atoms with Crippen molar-refractivity contribution in [2.75, 3.05) is 30.1 Å². The van der Waals surface area contributed by atoms with Gasteiger partial charge in [0.1, 0.15) is 5.75 Å². The van der Waals surface area contributed by atoms with Gasteiger partial charge in [-0.2, -0.15) is 0 Å². The van der Waals surface area contributed by atoms with Crippen molar-refractivity contribution < 1.29 is 27.2 Å². The van der Waals surface area contributed by atoms with Crippen molar-refractivity contribution in [1.29, 1.82) is 0 Å². The number of anilines is 2. The van der Waals surface area contributed by atoms with Gasteiger partial charge in [-0.05, 0) is 48.5 Å². The molecule has 1 aliphatic rings. The largest absolute Gasteiger partial charge is 0.497 e. The van der Waals surface area contributed by atoms with Gasteiger partial charge in [0.2, 0.25) is 11.8 Å². The topological polar surface area (TPSA) is 132 Å². The minimum Gasteiger partial charge on any atom is -0.497 e. The minimum atomic E-state index is -3.32.